The van der Waals surface area contributed by atoms with Crippen LogP contribution in [0, 0.1) is 5.82 Å². The molecule has 1 atom stereocenters. The van der Waals surface area contributed by atoms with Crippen molar-refractivity contribution in [3.05, 3.63) is 71.4 Å². The average Bonchev–Trinajstić information content (AvgIpc) is 2.77. The summed E-state index contributed by atoms with van der Waals surface area (Å²) in [7, 11) is -3.68. The first-order valence-corrected chi connectivity index (χ1v) is 11.6. The standard InChI is InChI=1S/C21H19F4N5O3S/c1-12(13-4-6-16(15(22)10-13)30-34(2,32)33)20(31)28-11-14-5-7-17(21(23,24)25)29-18(14)19-26-8-3-9-27-19/h3-10,12,30H,11H2,1-2H3,(H,28,31). The summed E-state index contributed by atoms with van der Waals surface area (Å²) < 4.78 is 78.3. The Kier molecular flexibility index (Phi) is 7.15. The van der Waals surface area contributed by atoms with E-state index in [1.807, 2.05) is 4.72 Å². The minimum absolute atomic E-state index is 0.0399. The van der Waals surface area contributed by atoms with Crippen LogP contribution in [0.4, 0.5) is 23.2 Å². The van der Waals surface area contributed by atoms with E-state index in [1.165, 1.54) is 43.6 Å². The molecule has 0 aliphatic heterocycles. The quantitative estimate of drug-likeness (QED) is 0.483. The van der Waals surface area contributed by atoms with Gasteiger partial charge in [0.2, 0.25) is 15.9 Å². The van der Waals surface area contributed by atoms with E-state index in [1.54, 1.807) is 0 Å². The molecule has 2 aromatic heterocycles. The van der Waals surface area contributed by atoms with Crippen LogP contribution in [-0.4, -0.2) is 35.5 Å². The Balaban J connectivity index is 1.80. The molecular formula is C21H19F4N5O3S. The monoisotopic (exact) mass is 497 g/mol. The van der Waals surface area contributed by atoms with Gasteiger partial charge in [0.25, 0.3) is 0 Å². The zero-order chi connectivity index (χ0) is 25.1. The summed E-state index contributed by atoms with van der Waals surface area (Å²) >= 11 is 0. The summed E-state index contributed by atoms with van der Waals surface area (Å²) in [5.41, 5.74) is -1.01. The van der Waals surface area contributed by atoms with Crippen molar-refractivity contribution < 1.29 is 30.8 Å². The summed E-state index contributed by atoms with van der Waals surface area (Å²) in [6.07, 6.45) is -1.10. The first-order chi connectivity index (χ1) is 15.8. The minimum Gasteiger partial charge on any atom is -0.351 e. The molecule has 2 heterocycles. The van der Waals surface area contributed by atoms with Crippen LogP contribution in [0.25, 0.3) is 11.5 Å². The molecule has 34 heavy (non-hydrogen) atoms. The van der Waals surface area contributed by atoms with E-state index in [9.17, 15) is 30.8 Å². The summed E-state index contributed by atoms with van der Waals surface area (Å²) in [5, 5.41) is 2.59. The lowest BCUT2D eigenvalue weighted by molar-refractivity contribution is -0.141. The van der Waals surface area contributed by atoms with E-state index >= 15 is 0 Å². The van der Waals surface area contributed by atoms with Crippen molar-refractivity contribution in [2.45, 2.75) is 25.6 Å². The van der Waals surface area contributed by atoms with Crippen LogP contribution in [-0.2, 0) is 27.5 Å². The molecule has 0 aliphatic rings. The number of amides is 1. The van der Waals surface area contributed by atoms with E-state index in [0.717, 1.165) is 18.4 Å². The molecule has 1 unspecified atom stereocenters. The number of carbonyl (C=O) groups is 1. The van der Waals surface area contributed by atoms with Crippen LogP contribution in [0.2, 0.25) is 0 Å². The van der Waals surface area contributed by atoms with Crippen LogP contribution in [0.5, 0.6) is 0 Å². The number of aromatic nitrogens is 3. The average molecular weight is 497 g/mol. The van der Waals surface area contributed by atoms with Gasteiger partial charge in [-0.1, -0.05) is 12.1 Å². The number of pyridine rings is 1. The zero-order valence-electron chi connectivity index (χ0n) is 17.9. The van der Waals surface area contributed by atoms with Crippen LogP contribution in [0.15, 0.2) is 48.8 Å². The minimum atomic E-state index is -4.68. The molecule has 1 amide bonds. The molecule has 1 aromatic carbocycles. The maximum Gasteiger partial charge on any atom is 0.433 e. The number of nitrogens with zero attached hydrogens (tertiary/aromatic N) is 3. The fourth-order valence-electron chi connectivity index (χ4n) is 2.97. The third-order valence-electron chi connectivity index (χ3n) is 4.68. The smallest absolute Gasteiger partial charge is 0.351 e. The van der Waals surface area contributed by atoms with Crippen molar-refractivity contribution in [2.24, 2.45) is 0 Å². The predicted molar refractivity (Wildman–Crippen MR) is 115 cm³/mol. The molecule has 0 spiro atoms. The molecule has 0 radical (unpaired) electrons. The Hall–Kier alpha value is -3.61. The molecule has 3 aromatic rings. The Labute approximate surface area is 192 Å². The van der Waals surface area contributed by atoms with Gasteiger partial charge in [0.1, 0.15) is 17.2 Å². The Bertz CT molecular complexity index is 1300. The largest absolute Gasteiger partial charge is 0.433 e. The summed E-state index contributed by atoms with van der Waals surface area (Å²) in [6.45, 7) is 1.32. The van der Waals surface area contributed by atoms with Gasteiger partial charge in [-0.25, -0.2) is 27.8 Å². The summed E-state index contributed by atoms with van der Waals surface area (Å²) in [6, 6.07) is 7.08. The maximum absolute atomic E-state index is 14.3. The number of nitrogens with one attached hydrogen (secondary N) is 2. The lowest BCUT2D eigenvalue weighted by Gasteiger charge is -2.16. The summed E-state index contributed by atoms with van der Waals surface area (Å²) in [5.74, 6) is -2.29. The number of benzene rings is 1. The van der Waals surface area contributed by atoms with Crippen molar-refractivity contribution in [1.82, 2.24) is 20.3 Å². The highest BCUT2D eigenvalue weighted by Gasteiger charge is 2.33. The highest BCUT2D eigenvalue weighted by molar-refractivity contribution is 7.92. The number of sulfonamides is 1. The molecule has 0 bridgehead atoms. The number of halogens is 4. The van der Waals surface area contributed by atoms with Crippen molar-refractivity contribution in [3.8, 4) is 11.5 Å². The Morgan fingerprint density at radius 2 is 1.79 bits per heavy atom. The van der Waals surface area contributed by atoms with Gasteiger partial charge >= 0.3 is 6.18 Å². The number of carbonyl (C=O) groups excluding carboxylic acids is 1. The van der Waals surface area contributed by atoms with Crippen molar-refractivity contribution in [2.75, 3.05) is 11.0 Å². The highest BCUT2D eigenvalue weighted by Crippen LogP contribution is 2.30. The SMILES string of the molecule is CC(C(=O)NCc1ccc(C(F)(F)F)nc1-c1ncccn1)c1ccc(NS(C)(=O)=O)c(F)c1. The molecule has 0 aliphatic carbocycles. The van der Waals surface area contributed by atoms with Gasteiger partial charge in [-0.05, 0) is 36.8 Å². The van der Waals surface area contributed by atoms with Crippen LogP contribution in [0.1, 0.15) is 29.7 Å². The van der Waals surface area contributed by atoms with Crippen LogP contribution in [0.3, 0.4) is 0 Å². The van der Waals surface area contributed by atoms with Gasteiger partial charge < -0.3 is 5.32 Å². The lowest BCUT2D eigenvalue weighted by Crippen LogP contribution is -2.28. The van der Waals surface area contributed by atoms with E-state index < -0.39 is 39.5 Å². The first-order valence-electron chi connectivity index (χ1n) is 9.74. The fourth-order valence-corrected chi connectivity index (χ4v) is 3.54. The second-order valence-electron chi connectivity index (χ2n) is 7.33. The van der Waals surface area contributed by atoms with Gasteiger partial charge in [0, 0.05) is 24.5 Å². The van der Waals surface area contributed by atoms with Crippen molar-refractivity contribution in [1.29, 1.82) is 0 Å². The number of hydrogen-bond donors (Lipinski definition) is 2. The Morgan fingerprint density at radius 3 is 2.38 bits per heavy atom. The van der Waals surface area contributed by atoms with Gasteiger partial charge in [0.15, 0.2) is 5.82 Å². The van der Waals surface area contributed by atoms with Crippen LogP contribution >= 0.6 is 0 Å². The third kappa shape index (κ3) is 6.25. The third-order valence-corrected chi connectivity index (χ3v) is 5.27. The van der Waals surface area contributed by atoms with Gasteiger partial charge in [-0.2, -0.15) is 13.2 Å². The molecular weight excluding hydrogens is 478 g/mol. The molecule has 2 N–H and O–H groups in total. The topological polar surface area (TPSA) is 114 Å². The highest BCUT2D eigenvalue weighted by atomic mass is 32.2. The Morgan fingerprint density at radius 1 is 1.12 bits per heavy atom. The number of alkyl halides is 3. The second-order valence-corrected chi connectivity index (χ2v) is 9.08. The molecule has 180 valence electrons. The predicted octanol–water partition coefficient (Wildman–Crippen LogP) is 3.49. The van der Waals surface area contributed by atoms with Crippen LogP contribution < -0.4 is 10.0 Å². The second kappa shape index (κ2) is 9.71. The van der Waals surface area contributed by atoms with Crippen molar-refractivity contribution >= 4 is 21.6 Å². The number of rotatable bonds is 7. The van der Waals surface area contributed by atoms with Gasteiger partial charge in [-0.3, -0.25) is 9.52 Å². The zero-order valence-corrected chi connectivity index (χ0v) is 18.7. The lowest BCUT2D eigenvalue weighted by atomic mass is 9.99. The van der Waals surface area contributed by atoms with Gasteiger partial charge in [-0.15, -0.1) is 0 Å². The molecule has 0 saturated heterocycles. The fraction of sp³-hybridized carbons (Fsp3) is 0.238. The molecule has 13 heteroatoms. The molecule has 0 saturated carbocycles. The van der Waals surface area contributed by atoms with E-state index in [4.69, 9.17) is 0 Å². The van der Waals surface area contributed by atoms with Gasteiger partial charge in [0.05, 0.1) is 17.9 Å². The van der Waals surface area contributed by atoms with E-state index in [0.29, 0.717) is 0 Å². The van der Waals surface area contributed by atoms with E-state index in [2.05, 4.69) is 20.3 Å². The first kappa shape index (κ1) is 25.0. The maximum atomic E-state index is 14.3. The summed E-state index contributed by atoms with van der Waals surface area (Å²) in [4.78, 5) is 24.2. The normalized spacial score (nSPS) is 12.8. The molecule has 0 fully saturated rings. The number of hydrogen-bond acceptors (Lipinski definition) is 6. The van der Waals surface area contributed by atoms with E-state index in [-0.39, 0.29) is 34.9 Å². The molecule has 8 nitrogen and oxygen atoms in total. The molecule has 3 rings (SSSR count). The van der Waals surface area contributed by atoms with Crippen molar-refractivity contribution in [3.63, 3.8) is 0 Å². The number of anilines is 1.